The highest BCUT2D eigenvalue weighted by atomic mass is 16.5. The predicted molar refractivity (Wildman–Crippen MR) is 53.7 cm³/mol. The maximum atomic E-state index is 9.71. The number of aliphatic hydroxyl groups excluding tert-OH is 1. The van der Waals surface area contributed by atoms with E-state index < -0.39 is 0 Å². The summed E-state index contributed by atoms with van der Waals surface area (Å²) in [5.41, 5.74) is 1.18. The molecule has 0 aromatic carbocycles. The van der Waals surface area contributed by atoms with Crippen LogP contribution in [0, 0.1) is 0 Å². The van der Waals surface area contributed by atoms with Crippen LogP contribution in [0.25, 0.3) is 0 Å². The first kappa shape index (κ1) is 10.7. The van der Waals surface area contributed by atoms with E-state index in [1.165, 1.54) is 18.4 Å². The van der Waals surface area contributed by atoms with E-state index in [0.29, 0.717) is 6.61 Å². The SMILES string of the molecule is CCCOCC(O)C1=CCCCC1. The predicted octanol–water partition coefficient (Wildman–Crippen LogP) is 2.27. The molecule has 1 N–H and O–H groups in total. The molecule has 0 amide bonds. The zero-order chi connectivity index (χ0) is 9.52. The summed E-state index contributed by atoms with van der Waals surface area (Å²) in [5, 5.41) is 9.71. The van der Waals surface area contributed by atoms with Gasteiger partial charge >= 0.3 is 0 Å². The van der Waals surface area contributed by atoms with Crippen molar-refractivity contribution in [3.8, 4) is 0 Å². The maximum Gasteiger partial charge on any atom is 0.0983 e. The van der Waals surface area contributed by atoms with Gasteiger partial charge in [-0.25, -0.2) is 0 Å². The lowest BCUT2D eigenvalue weighted by Crippen LogP contribution is -2.19. The highest BCUT2D eigenvalue weighted by molar-refractivity contribution is 5.10. The zero-order valence-electron chi connectivity index (χ0n) is 8.46. The van der Waals surface area contributed by atoms with Gasteiger partial charge < -0.3 is 9.84 Å². The topological polar surface area (TPSA) is 29.5 Å². The average Bonchev–Trinajstić information content (AvgIpc) is 2.19. The molecule has 0 bridgehead atoms. The summed E-state index contributed by atoms with van der Waals surface area (Å²) in [5.74, 6) is 0. The molecular formula is C11H20O2. The van der Waals surface area contributed by atoms with Gasteiger partial charge in [-0.15, -0.1) is 0 Å². The number of ether oxygens (including phenoxy) is 1. The van der Waals surface area contributed by atoms with E-state index in [4.69, 9.17) is 4.74 Å². The lowest BCUT2D eigenvalue weighted by Gasteiger charge is -2.18. The van der Waals surface area contributed by atoms with E-state index in [-0.39, 0.29) is 6.10 Å². The molecule has 13 heavy (non-hydrogen) atoms. The fraction of sp³-hybridized carbons (Fsp3) is 0.818. The fourth-order valence-electron chi connectivity index (χ4n) is 1.61. The quantitative estimate of drug-likeness (QED) is 0.524. The minimum Gasteiger partial charge on any atom is -0.386 e. The van der Waals surface area contributed by atoms with Crippen molar-refractivity contribution >= 4 is 0 Å². The van der Waals surface area contributed by atoms with Gasteiger partial charge in [-0.2, -0.15) is 0 Å². The van der Waals surface area contributed by atoms with Crippen LogP contribution in [0.2, 0.25) is 0 Å². The Hall–Kier alpha value is -0.340. The van der Waals surface area contributed by atoms with Crippen molar-refractivity contribution in [3.05, 3.63) is 11.6 Å². The van der Waals surface area contributed by atoms with Crippen LogP contribution in [0.1, 0.15) is 39.0 Å². The molecule has 1 atom stereocenters. The Kier molecular flexibility index (Phi) is 5.09. The number of aliphatic hydroxyl groups is 1. The Labute approximate surface area is 80.6 Å². The summed E-state index contributed by atoms with van der Waals surface area (Å²) in [4.78, 5) is 0. The number of rotatable bonds is 5. The second-order valence-corrected chi connectivity index (χ2v) is 3.62. The molecule has 0 aromatic rings. The van der Waals surface area contributed by atoms with Crippen LogP contribution in [-0.4, -0.2) is 24.4 Å². The first-order valence-corrected chi connectivity index (χ1v) is 5.29. The Morgan fingerprint density at radius 2 is 2.38 bits per heavy atom. The molecule has 2 heteroatoms. The van der Waals surface area contributed by atoms with Crippen LogP contribution < -0.4 is 0 Å². The van der Waals surface area contributed by atoms with E-state index in [9.17, 15) is 5.11 Å². The summed E-state index contributed by atoms with van der Waals surface area (Å²) >= 11 is 0. The summed E-state index contributed by atoms with van der Waals surface area (Å²) < 4.78 is 5.31. The average molecular weight is 184 g/mol. The third kappa shape index (κ3) is 3.92. The Morgan fingerprint density at radius 1 is 1.54 bits per heavy atom. The second-order valence-electron chi connectivity index (χ2n) is 3.62. The summed E-state index contributed by atoms with van der Waals surface area (Å²) in [6.07, 6.45) is 7.50. The van der Waals surface area contributed by atoms with Gasteiger partial charge in [0.25, 0.3) is 0 Å². The van der Waals surface area contributed by atoms with Crippen LogP contribution in [0.15, 0.2) is 11.6 Å². The van der Waals surface area contributed by atoms with Crippen molar-refractivity contribution in [1.29, 1.82) is 0 Å². The van der Waals surface area contributed by atoms with Crippen LogP contribution >= 0.6 is 0 Å². The third-order valence-electron chi connectivity index (χ3n) is 2.38. The molecule has 0 saturated carbocycles. The first-order valence-electron chi connectivity index (χ1n) is 5.29. The molecule has 0 aromatic heterocycles. The Morgan fingerprint density at radius 3 is 3.00 bits per heavy atom. The van der Waals surface area contributed by atoms with E-state index in [1.54, 1.807) is 0 Å². The van der Waals surface area contributed by atoms with Crippen molar-refractivity contribution in [2.75, 3.05) is 13.2 Å². The fourth-order valence-corrected chi connectivity index (χ4v) is 1.61. The van der Waals surface area contributed by atoms with E-state index in [1.807, 2.05) is 0 Å². The highest BCUT2D eigenvalue weighted by Crippen LogP contribution is 2.20. The van der Waals surface area contributed by atoms with Crippen molar-refractivity contribution in [2.45, 2.75) is 45.1 Å². The van der Waals surface area contributed by atoms with Gasteiger partial charge in [0, 0.05) is 6.61 Å². The van der Waals surface area contributed by atoms with Crippen LogP contribution in [-0.2, 0) is 4.74 Å². The summed E-state index contributed by atoms with van der Waals surface area (Å²) in [7, 11) is 0. The van der Waals surface area contributed by atoms with E-state index in [2.05, 4.69) is 13.0 Å². The van der Waals surface area contributed by atoms with Crippen molar-refractivity contribution in [1.82, 2.24) is 0 Å². The standard InChI is InChI=1S/C11H20O2/c1-2-8-13-9-11(12)10-6-4-3-5-7-10/h6,11-12H,2-5,7-9H2,1H3. The third-order valence-corrected chi connectivity index (χ3v) is 2.38. The molecule has 1 aliphatic rings. The molecule has 2 nitrogen and oxygen atoms in total. The summed E-state index contributed by atoms with van der Waals surface area (Å²) in [6, 6.07) is 0. The van der Waals surface area contributed by atoms with Gasteiger partial charge in [0.1, 0.15) is 0 Å². The lowest BCUT2D eigenvalue weighted by molar-refractivity contribution is 0.0525. The van der Waals surface area contributed by atoms with Crippen LogP contribution in [0.5, 0.6) is 0 Å². The first-order chi connectivity index (χ1) is 6.34. The van der Waals surface area contributed by atoms with Crippen LogP contribution in [0.3, 0.4) is 0 Å². The smallest absolute Gasteiger partial charge is 0.0983 e. The molecule has 0 radical (unpaired) electrons. The molecule has 76 valence electrons. The Balaban J connectivity index is 2.21. The van der Waals surface area contributed by atoms with Crippen molar-refractivity contribution in [2.24, 2.45) is 0 Å². The van der Waals surface area contributed by atoms with Crippen LogP contribution in [0.4, 0.5) is 0 Å². The summed E-state index contributed by atoms with van der Waals surface area (Å²) in [6.45, 7) is 3.30. The minimum atomic E-state index is -0.355. The van der Waals surface area contributed by atoms with E-state index in [0.717, 1.165) is 25.9 Å². The largest absolute Gasteiger partial charge is 0.386 e. The number of hydrogen-bond acceptors (Lipinski definition) is 2. The zero-order valence-corrected chi connectivity index (χ0v) is 8.46. The van der Waals surface area contributed by atoms with Gasteiger partial charge in [0.15, 0.2) is 0 Å². The minimum absolute atomic E-state index is 0.355. The van der Waals surface area contributed by atoms with Gasteiger partial charge in [0.2, 0.25) is 0 Å². The van der Waals surface area contributed by atoms with Gasteiger partial charge in [-0.3, -0.25) is 0 Å². The van der Waals surface area contributed by atoms with Gasteiger partial charge in [-0.1, -0.05) is 13.0 Å². The molecule has 0 fully saturated rings. The molecular weight excluding hydrogens is 164 g/mol. The molecule has 0 aliphatic heterocycles. The second kappa shape index (κ2) is 6.17. The normalized spacial score (nSPS) is 19.7. The van der Waals surface area contributed by atoms with Crippen molar-refractivity contribution < 1.29 is 9.84 Å². The molecule has 1 rings (SSSR count). The Bertz CT molecular complexity index is 163. The number of allylic oxidation sites excluding steroid dienone is 1. The molecule has 1 aliphatic carbocycles. The molecule has 0 spiro atoms. The molecule has 1 unspecified atom stereocenters. The van der Waals surface area contributed by atoms with Gasteiger partial charge in [0.05, 0.1) is 12.7 Å². The van der Waals surface area contributed by atoms with Gasteiger partial charge in [-0.05, 0) is 37.7 Å². The monoisotopic (exact) mass is 184 g/mol. The van der Waals surface area contributed by atoms with E-state index >= 15 is 0 Å². The molecule has 0 saturated heterocycles. The highest BCUT2D eigenvalue weighted by Gasteiger charge is 2.12. The lowest BCUT2D eigenvalue weighted by atomic mass is 9.96. The molecule has 0 heterocycles. The number of hydrogen-bond donors (Lipinski definition) is 1. The van der Waals surface area contributed by atoms with Crippen molar-refractivity contribution in [3.63, 3.8) is 0 Å². The maximum absolute atomic E-state index is 9.71.